The Morgan fingerprint density at radius 2 is 1.78 bits per heavy atom. The van der Waals surface area contributed by atoms with E-state index in [1.807, 2.05) is 0 Å². The number of nitrogens with two attached hydrogens (primary N) is 1. The second kappa shape index (κ2) is 8.52. The molecule has 0 rings (SSSR count). The fourth-order valence-corrected chi connectivity index (χ4v) is 1.97. The van der Waals surface area contributed by atoms with E-state index in [0.29, 0.717) is 18.9 Å². The lowest BCUT2D eigenvalue weighted by Gasteiger charge is -2.24. The molecule has 1 unspecified atom stereocenters. The molecule has 0 saturated heterocycles. The highest BCUT2D eigenvalue weighted by Crippen LogP contribution is 2.25. The largest absolute Gasteiger partial charge is 0.354 e. The maximum atomic E-state index is 11.8. The van der Waals surface area contributed by atoms with Gasteiger partial charge in [-0.1, -0.05) is 27.7 Å². The van der Waals surface area contributed by atoms with Crippen molar-refractivity contribution in [3.05, 3.63) is 0 Å². The summed E-state index contributed by atoms with van der Waals surface area (Å²) in [7, 11) is 0. The van der Waals surface area contributed by atoms with Crippen LogP contribution in [0.1, 0.15) is 66.7 Å². The van der Waals surface area contributed by atoms with Crippen molar-refractivity contribution in [2.45, 2.75) is 72.8 Å². The van der Waals surface area contributed by atoms with E-state index in [0.717, 1.165) is 19.3 Å². The summed E-state index contributed by atoms with van der Waals surface area (Å²) in [6.45, 7) is 11.6. The van der Waals surface area contributed by atoms with Crippen LogP contribution in [0.2, 0.25) is 0 Å². The Labute approximate surface area is 113 Å². The zero-order valence-corrected chi connectivity index (χ0v) is 12.9. The van der Waals surface area contributed by atoms with Crippen molar-refractivity contribution in [3.8, 4) is 0 Å². The van der Waals surface area contributed by atoms with Crippen LogP contribution in [0.25, 0.3) is 0 Å². The van der Waals surface area contributed by atoms with Crippen LogP contribution in [0.3, 0.4) is 0 Å². The first kappa shape index (κ1) is 17.4. The maximum Gasteiger partial charge on any atom is 0.220 e. The first-order chi connectivity index (χ1) is 8.26. The van der Waals surface area contributed by atoms with Gasteiger partial charge < -0.3 is 11.1 Å². The highest BCUT2D eigenvalue weighted by Gasteiger charge is 2.18. The fraction of sp³-hybridized carbons (Fsp3) is 0.933. The SMILES string of the molecule is CC(C)CCC(C)NC(=O)CCC(C)(C)CCN. The molecule has 3 N–H and O–H groups in total. The molecule has 0 aliphatic heterocycles. The van der Waals surface area contributed by atoms with Crippen molar-refractivity contribution >= 4 is 5.91 Å². The van der Waals surface area contributed by atoms with Crippen molar-refractivity contribution in [1.29, 1.82) is 0 Å². The molecule has 108 valence electrons. The van der Waals surface area contributed by atoms with E-state index >= 15 is 0 Å². The van der Waals surface area contributed by atoms with Crippen molar-refractivity contribution in [2.24, 2.45) is 17.1 Å². The molecule has 0 aliphatic carbocycles. The summed E-state index contributed by atoms with van der Waals surface area (Å²) in [6, 6.07) is 0.289. The number of carbonyl (C=O) groups excluding carboxylic acids is 1. The Hall–Kier alpha value is -0.570. The van der Waals surface area contributed by atoms with Crippen LogP contribution < -0.4 is 11.1 Å². The van der Waals surface area contributed by atoms with Crippen LogP contribution in [0.4, 0.5) is 0 Å². The third kappa shape index (κ3) is 9.46. The molecule has 0 aromatic heterocycles. The lowest BCUT2D eigenvalue weighted by molar-refractivity contribution is -0.122. The second-order valence-corrected chi connectivity index (χ2v) is 6.64. The summed E-state index contributed by atoms with van der Waals surface area (Å²) in [5.41, 5.74) is 5.74. The molecular weight excluding hydrogens is 224 g/mol. The van der Waals surface area contributed by atoms with E-state index < -0.39 is 0 Å². The quantitative estimate of drug-likeness (QED) is 0.666. The summed E-state index contributed by atoms with van der Waals surface area (Å²) in [5.74, 6) is 0.879. The van der Waals surface area contributed by atoms with Crippen LogP contribution in [0, 0.1) is 11.3 Å². The Balaban J connectivity index is 3.83. The second-order valence-electron chi connectivity index (χ2n) is 6.64. The Morgan fingerprint density at radius 1 is 1.17 bits per heavy atom. The minimum absolute atomic E-state index is 0.174. The molecule has 0 heterocycles. The molecule has 0 bridgehead atoms. The molecule has 0 spiro atoms. The Morgan fingerprint density at radius 3 is 2.28 bits per heavy atom. The standard InChI is InChI=1S/C15H32N2O/c1-12(2)6-7-13(3)17-14(18)8-9-15(4,5)10-11-16/h12-13H,6-11,16H2,1-5H3,(H,17,18). The summed E-state index contributed by atoms with van der Waals surface area (Å²) in [5, 5.41) is 3.08. The van der Waals surface area contributed by atoms with Crippen LogP contribution >= 0.6 is 0 Å². The Bertz CT molecular complexity index is 237. The third-order valence-electron chi connectivity index (χ3n) is 3.43. The van der Waals surface area contributed by atoms with Gasteiger partial charge in [0.2, 0.25) is 5.91 Å². The molecule has 0 fully saturated rings. The number of hydrogen-bond acceptors (Lipinski definition) is 2. The van der Waals surface area contributed by atoms with Crippen LogP contribution in [0.15, 0.2) is 0 Å². The van der Waals surface area contributed by atoms with E-state index in [1.165, 1.54) is 6.42 Å². The zero-order valence-electron chi connectivity index (χ0n) is 12.9. The molecule has 0 aromatic rings. The lowest BCUT2D eigenvalue weighted by atomic mass is 9.84. The Kier molecular flexibility index (Phi) is 8.25. The van der Waals surface area contributed by atoms with Crippen LogP contribution in [-0.2, 0) is 4.79 Å². The van der Waals surface area contributed by atoms with Crippen LogP contribution in [0.5, 0.6) is 0 Å². The topological polar surface area (TPSA) is 55.1 Å². The molecule has 3 heteroatoms. The number of hydrogen-bond donors (Lipinski definition) is 2. The molecule has 3 nitrogen and oxygen atoms in total. The normalized spacial score (nSPS) is 13.7. The smallest absolute Gasteiger partial charge is 0.220 e. The monoisotopic (exact) mass is 256 g/mol. The van der Waals surface area contributed by atoms with Gasteiger partial charge in [-0.15, -0.1) is 0 Å². The van der Waals surface area contributed by atoms with E-state index in [9.17, 15) is 4.79 Å². The van der Waals surface area contributed by atoms with Gasteiger partial charge in [0.05, 0.1) is 0 Å². The van der Waals surface area contributed by atoms with Gasteiger partial charge in [-0.3, -0.25) is 4.79 Å². The third-order valence-corrected chi connectivity index (χ3v) is 3.43. The summed E-state index contributed by atoms with van der Waals surface area (Å²) >= 11 is 0. The summed E-state index contributed by atoms with van der Waals surface area (Å²) in [6.07, 6.45) is 4.73. The van der Waals surface area contributed by atoms with Crippen molar-refractivity contribution in [2.75, 3.05) is 6.54 Å². The minimum atomic E-state index is 0.174. The summed E-state index contributed by atoms with van der Waals surface area (Å²) < 4.78 is 0. The minimum Gasteiger partial charge on any atom is -0.354 e. The molecule has 0 aliphatic rings. The number of carbonyl (C=O) groups is 1. The van der Waals surface area contributed by atoms with Gasteiger partial charge >= 0.3 is 0 Å². The highest BCUT2D eigenvalue weighted by atomic mass is 16.1. The number of nitrogens with one attached hydrogen (secondary N) is 1. The van der Waals surface area contributed by atoms with Gasteiger partial charge in [-0.05, 0) is 50.5 Å². The fourth-order valence-electron chi connectivity index (χ4n) is 1.97. The van der Waals surface area contributed by atoms with Crippen molar-refractivity contribution in [3.63, 3.8) is 0 Å². The van der Waals surface area contributed by atoms with E-state index in [4.69, 9.17) is 5.73 Å². The van der Waals surface area contributed by atoms with E-state index in [-0.39, 0.29) is 17.4 Å². The van der Waals surface area contributed by atoms with Gasteiger partial charge in [-0.25, -0.2) is 0 Å². The predicted octanol–water partition coefficient (Wildman–Crippen LogP) is 3.08. The van der Waals surface area contributed by atoms with Gasteiger partial charge in [0.15, 0.2) is 0 Å². The molecular formula is C15H32N2O. The molecule has 1 atom stereocenters. The molecule has 1 amide bonds. The van der Waals surface area contributed by atoms with E-state index in [1.54, 1.807) is 0 Å². The maximum absolute atomic E-state index is 11.8. The highest BCUT2D eigenvalue weighted by molar-refractivity contribution is 5.76. The molecule has 18 heavy (non-hydrogen) atoms. The van der Waals surface area contributed by atoms with Gasteiger partial charge in [0.25, 0.3) is 0 Å². The summed E-state index contributed by atoms with van der Waals surface area (Å²) in [4.78, 5) is 11.8. The van der Waals surface area contributed by atoms with Gasteiger partial charge in [0.1, 0.15) is 0 Å². The van der Waals surface area contributed by atoms with Crippen molar-refractivity contribution < 1.29 is 4.79 Å². The van der Waals surface area contributed by atoms with Gasteiger partial charge in [-0.2, -0.15) is 0 Å². The number of rotatable bonds is 9. The first-order valence-electron chi connectivity index (χ1n) is 7.26. The molecule has 0 radical (unpaired) electrons. The first-order valence-corrected chi connectivity index (χ1v) is 7.26. The average molecular weight is 256 g/mol. The predicted molar refractivity (Wildman–Crippen MR) is 78.4 cm³/mol. The van der Waals surface area contributed by atoms with Crippen LogP contribution in [-0.4, -0.2) is 18.5 Å². The average Bonchev–Trinajstić information content (AvgIpc) is 2.24. The zero-order chi connectivity index (χ0) is 14.2. The molecule has 0 aromatic carbocycles. The van der Waals surface area contributed by atoms with E-state index in [2.05, 4.69) is 39.9 Å². The van der Waals surface area contributed by atoms with Crippen molar-refractivity contribution in [1.82, 2.24) is 5.32 Å². The molecule has 0 saturated carbocycles. The number of amides is 1. The van der Waals surface area contributed by atoms with Gasteiger partial charge in [0, 0.05) is 12.5 Å². The lowest BCUT2D eigenvalue weighted by Crippen LogP contribution is -2.33.